The average Bonchev–Trinajstić information content (AvgIpc) is 2.48. The van der Waals surface area contributed by atoms with Gasteiger partial charge in [0.2, 0.25) is 5.43 Å². The standard InChI is InChI=1S/C16H10BrClN2O2/c17-9-4-5-14-12(6-9)15(21)13(8-19-14)16(22)20-11-3-1-2-10(18)7-11/h1-8H,(H,19,21)(H,20,22). The van der Waals surface area contributed by atoms with Gasteiger partial charge in [0.25, 0.3) is 5.91 Å². The van der Waals surface area contributed by atoms with E-state index in [4.69, 9.17) is 11.6 Å². The van der Waals surface area contributed by atoms with Gasteiger partial charge >= 0.3 is 0 Å². The summed E-state index contributed by atoms with van der Waals surface area (Å²) in [6.07, 6.45) is 1.42. The number of carbonyl (C=O) groups is 1. The van der Waals surface area contributed by atoms with Crippen LogP contribution >= 0.6 is 27.5 Å². The lowest BCUT2D eigenvalue weighted by molar-refractivity contribution is 0.102. The minimum atomic E-state index is -0.481. The van der Waals surface area contributed by atoms with Crippen molar-refractivity contribution in [1.29, 1.82) is 0 Å². The predicted molar refractivity (Wildman–Crippen MR) is 91.7 cm³/mol. The lowest BCUT2D eigenvalue weighted by atomic mass is 10.1. The first-order valence-corrected chi connectivity index (χ1v) is 7.59. The zero-order valence-corrected chi connectivity index (χ0v) is 13.5. The van der Waals surface area contributed by atoms with Crippen LogP contribution in [-0.4, -0.2) is 10.9 Å². The molecule has 6 heteroatoms. The first-order valence-electron chi connectivity index (χ1n) is 6.42. The molecular weight excluding hydrogens is 368 g/mol. The van der Waals surface area contributed by atoms with Crippen LogP contribution in [0.2, 0.25) is 5.02 Å². The van der Waals surface area contributed by atoms with Crippen LogP contribution in [0.1, 0.15) is 10.4 Å². The molecule has 0 spiro atoms. The lowest BCUT2D eigenvalue weighted by Gasteiger charge is -2.06. The van der Waals surface area contributed by atoms with Crippen molar-refractivity contribution >= 4 is 50.0 Å². The minimum Gasteiger partial charge on any atom is -0.360 e. The van der Waals surface area contributed by atoms with Crippen molar-refractivity contribution in [1.82, 2.24) is 4.98 Å². The fourth-order valence-electron chi connectivity index (χ4n) is 2.12. The number of hydrogen-bond donors (Lipinski definition) is 2. The van der Waals surface area contributed by atoms with Crippen molar-refractivity contribution in [3.8, 4) is 0 Å². The van der Waals surface area contributed by atoms with E-state index < -0.39 is 5.91 Å². The maximum absolute atomic E-state index is 12.5. The molecule has 0 bridgehead atoms. The molecule has 4 nitrogen and oxygen atoms in total. The van der Waals surface area contributed by atoms with Crippen molar-refractivity contribution in [2.45, 2.75) is 0 Å². The topological polar surface area (TPSA) is 62.0 Å². The van der Waals surface area contributed by atoms with Gasteiger partial charge in [-0.1, -0.05) is 33.6 Å². The Balaban J connectivity index is 2.01. The van der Waals surface area contributed by atoms with Gasteiger partial charge in [-0.3, -0.25) is 9.59 Å². The monoisotopic (exact) mass is 376 g/mol. The fourth-order valence-corrected chi connectivity index (χ4v) is 2.68. The summed E-state index contributed by atoms with van der Waals surface area (Å²) in [5, 5.41) is 3.62. The van der Waals surface area contributed by atoms with Crippen LogP contribution in [0.15, 0.2) is 57.9 Å². The van der Waals surface area contributed by atoms with Crippen LogP contribution < -0.4 is 10.7 Å². The fraction of sp³-hybridized carbons (Fsp3) is 0. The number of nitrogens with one attached hydrogen (secondary N) is 2. The summed E-state index contributed by atoms with van der Waals surface area (Å²) >= 11 is 9.20. The summed E-state index contributed by atoms with van der Waals surface area (Å²) in [6, 6.07) is 12.0. The quantitative estimate of drug-likeness (QED) is 0.703. The molecule has 1 aromatic heterocycles. The van der Waals surface area contributed by atoms with Gasteiger partial charge in [0.05, 0.1) is 0 Å². The van der Waals surface area contributed by atoms with E-state index in [9.17, 15) is 9.59 Å². The number of hydrogen-bond acceptors (Lipinski definition) is 2. The largest absolute Gasteiger partial charge is 0.360 e. The Labute approximate surface area is 139 Å². The molecule has 1 amide bonds. The normalized spacial score (nSPS) is 10.6. The van der Waals surface area contributed by atoms with Crippen molar-refractivity contribution in [3.05, 3.63) is 73.9 Å². The summed E-state index contributed by atoms with van der Waals surface area (Å²) in [7, 11) is 0. The Hall–Kier alpha value is -2.11. The number of pyridine rings is 1. The van der Waals surface area contributed by atoms with E-state index >= 15 is 0 Å². The molecule has 0 aliphatic heterocycles. The molecule has 0 fully saturated rings. The van der Waals surface area contributed by atoms with E-state index in [0.29, 0.717) is 21.6 Å². The Morgan fingerprint density at radius 2 is 2.00 bits per heavy atom. The van der Waals surface area contributed by atoms with E-state index in [-0.39, 0.29) is 11.0 Å². The summed E-state index contributed by atoms with van der Waals surface area (Å²) in [6.45, 7) is 0. The van der Waals surface area contributed by atoms with Gasteiger partial charge < -0.3 is 10.3 Å². The molecule has 0 saturated carbocycles. The maximum atomic E-state index is 12.5. The van der Waals surface area contributed by atoms with Gasteiger partial charge in [-0.15, -0.1) is 0 Å². The molecule has 0 aliphatic rings. The number of anilines is 1. The van der Waals surface area contributed by atoms with Gasteiger partial charge in [-0.25, -0.2) is 0 Å². The number of halogens is 2. The number of fused-ring (bicyclic) bond motifs is 1. The second-order valence-corrected chi connectivity index (χ2v) is 6.04. The molecule has 0 aliphatic carbocycles. The molecule has 2 N–H and O–H groups in total. The van der Waals surface area contributed by atoms with Gasteiger partial charge in [-0.05, 0) is 36.4 Å². The molecule has 22 heavy (non-hydrogen) atoms. The molecule has 1 heterocycles. The molecular formula is C16H10BrClN2O2. The van der Waals surface area contributed by atoms with Crippen LogP contribution in [0.3, 0.4) is 0 Å². The molecule has 0 radical (unpaired) electrons. The first kappa shape index (κ1) is 14.8. The third-order valence-electron chi connectivity index (χ3n) is 3.17. The van der Waals surface area contributed by atoms with E-state index in [0.717, 1.165) is 4.47 Å². The Morgan fingerprint density at radius 1 is 1.18 bits per heavy atom. The van der Waals surface area contributed by atoms with Crippen LogP contribution in [0, 0.1) is 0 Å². The highest BCUT2D eigenvalue weighted by Gasteiger charge is 2.13. The van der Waals surface area contributed by atoms with Gasteiger partial charge in [0.1, 0.15) is 5.56 Å². The van der Waals surface area contributed by atoms with Crippen molar-refractivity contribution in [2.24, 2.45) is 0 Å². The zero-order chi connectivity index (χ0) is 15.7. The van der Waals surface area contributed by atoms with Crippen LogP contribution in [-0.2, 0) is 0 Å². The SMILES string of the molecule is O=C(Nc1cccc(Cl)c1)c1c[nH]c2ccc(Br)cc2c1=O. The van der Waals surface area contributed by atoms with E-state index in [2.05, 4.69) is 26.2 Å². The molecule has 0 saturated heterocycles. The molecule has 0 unspecified atom stereocenters. The number of benzene rings is 2. The van der Waals surface area contributed by atoms with Crippen LogP contribution in [0.25, 0.3) is 10.9 Å². The predicted octanol–water partition coefficient (Wildman–Crippen LogP) is 4.20. The van der Waals surface area contributed by atoms with Gasteiger partial charge in [0.15, 0.2) is 0 Å². The lowest BCUT2D eigenvalue weighted by Crippen LogP contribution is -2.21. The zero-order valence-electron chi connectivity index (χ0n) is 11.2. The average molecular weight is 378 g/mol. The van der Waals surface area contributed by atoms with Gasteiger partial charge in [-0.2, -0.15) is 0 Å². The Kier molecular flexibility index (Phi) is 4.00. The van der Waals surface area contributed by atoms with Gasteiger partial charge in [0, 0.05) is 32.3 Å². The number of amides is 1. The van der Waals surface area contributed by atoms with Crippen molar-refractivity contribution in [2.75, 3.05) is 5.32 Å². The molecule has 3 aromatic rings. The summed E-state index contributed by atoms with van der Waals surface area (Å²) in [5.41, 5.74) is 0.930. The second-order valence-electron chi connectivity index (χ2n) is 4.69. The third kappa shape index (κ3) is 2.91. The smallest absolute Gasteiger partial charge is 0.261 e. The number of H-pyrrole nitrogens is 1. The second kappa shape index (κ2) is 5.94. The third-order valence-corrected chi connectivity index (χ3v) is 3.90. The van der Waals surface area contributed by atoms with Crippen LogP contribution in [0.5, 0.6) is 0 Å². The Morgan fingerprint density at radius 3 is 2.77 bits per heavy atom. The number of aromatic nitrogens is 1. The highest BCUT2D eigenvalue weighted by atomic mass is 79.9. The molecule has 3 rings (SSSR count). The van der Waals surface area contributed by atoms with Crippen LogP contribution in [0.4, 0.5) is 5.69 Å². The minimum absolute atomic E-state index is 0.0468. The maximum Gasteiger partial charge on any atom is 0.261 e. The number of aromatic amines is 1. The van der Waals surface area contributed by atoms with Crippen molar-refractivity contribution in [3.63, 3.8) is 0 Å². The molecule has 2 aromatic carbocycles. The van der Waals surface area contributed by atoms with E-state index in [1.165, 1.54) is 6.20 Å². The Bertz CT molecular complexity index is 937. The summed E-state index contributed by atoms with van der Waals surface area (Å²) < 4.78 is 0.776. The van der Waals surface area contributed by atoms with E-state index in [1.807, 2.05) is 6.07 Å². The molecule has 110 valence electrons. The molecule has 0 atom stereocenters. The highest BCUT2D eigenvalue weighted by Crippen LogP contribution is 2.17. The van der Waals surface area contributed by atoms with E-state index in [1.54, 1.807) is 36.4 Å². The summed E-state index contributed by atoms with van der Waals surface area (Å²) in [4.78, 5) is 27.7. The number of carbonyl (C=O) groups excluding carboxylic acids is 1. The first-order chi connectivity index (χ1) is 10.5. The highest BCUT2D eigenvalue weighted by molar-refractivity contribution is 9.10. The van der Waals surface area contributed by atoms with Crippen molar-refractivity contribution < 1.29 is 4.79 Å². The summed E-state index contributed by atoms with van der Waals surface area (Å²) in [5.74, 6) is -0.481. The number of rotatable bonds is 2.